The summed E-state index contributed by atoms with van der Waals surface area (Å²) in [6.07, 6.45) is -2.11. The van der Waals surface area contributed by atoms with E-state index in [-0.39, 0.29) is 12.8 Å². The zero-order chi connectivity index (χ0) is 17.3. The van der Waals surface area contributed by atoms with Gasteiger partial charge in [-0.05, 0) is 6.42 Å². The van der Waals surface area contributed by atoms with Crippen molar-refractivity contribution in [3.63, 3.8) is 0 Å². The summed E-state index contributed by atoms with van der Waals surface area (Å²) in [4.78, 5) is 57.9. The molecule has 0 spiro atoms. The maximum Gasteiger partial charge on any atom is 0.376 e. The van der Waals surface area contributed by atoms with Crippen LogP contribution >= 0.6 is 0 Å². The molecule has 1 amide bonds. The van der Waals surface area contributed by atoms with E-state index in [9.17, 15) is 29.3 Å². The first kappa shape index (κ1) is 19.2. The molecule has 12 heteroatoms. The van der Waals surface area contributed by atoms with Crippen molar-refractivity contribution in [1.82, 2.24) is 5.32 Å². The average Bonchev–Trinajstić information content (AvgIpc) is 2.41. The summed E-state index contributed by atoms with van der Waals surface area (Å²) < 4.78 is 4.49. The normalized spacial score (nSPS) is 12.6. The SMILES string of the molecule is CC(=O)C(=O)OC(CO[N+](=O)[O-])NC(=O)CC[C@H](N)C(=O)O. The number of nitrogens with two attached hydrogens (primary N) is 1. The van der Waals surface area contributed by atoms with Crippen molar-refractivity contribution < 1.29 is 38.9 Å². The number of esters is 1. The lowest BCUT2D eigenvalue weighted by atomic mass is 10.1. The highest BCUT2D eigenvalue weighted by molar-refractivity contribution is 6.32. The molecule has 0 bridgehead atoms. The first-order chi connectivity index (χ1) is 10.1. The molecule has 22 heavy (non-hydrogen) atoms. The number of amides is 1. The number of hydrogen-bond donors (Lipinski definition) is 3. The third-order valence-electron chi connectivity index (χ3n) is 2.19. The molecule has 0 aromatic carbocycles. The molecule has 0 radical (unpaired) electrons. The molecule has 124 valence electrons. The number of rotatable bonds is 10. The van der Waals surface area contributed by atoms with Gasteiger partial charge in [0.1, 0.15) is 6.04 Å². The molecule has 4 N–H and O–H groups in total. The summed E-state index contributed by atoms with van der Waals surface area (Å²) in [5.74, 6) is -4.39. The Hall–Kier alpha value is -2.76. The van der Waals surface area contributed by atoms with E-state index in [1.807, 2.05) is 5.32 Å². The Balaban J connectivity index is 4.50. The molecule has 1 unspecified atom stereocenters. The highest BCUT2D eigenvalue weighted by Gasteiger charge is 2.22. The van der Waals surface area contributed by atoms with Gasteiger partial charge in [0.2, 0.25) is 11.7 Å². The summed E-state index contributed by atoms with van der Waals surface area (Å²) in [5.41, 5.74) is 5.19. The molecule has 0 aliphatic carbocycles. The second-order valence-electron chi connectivity index (χ2n) is 4.02. The second kappa shape index (κ2) is 9.23. The van der Waals surface area contributed by atoms with E-state index in [4.69, 9.17) is 10.8 Å². The average molecular weight is 321 g/mol. The van der Waals surface area contributed by atoms with E-state index in [0.717, 1.165) is 6.92 Å². The van der Waals surface area contributed by atoms with Crippen LogP contribution in [-0.2, 0) is 28.8 Å². The van der Waals surface area contributed by atoms with Gasteiger partial charge in [0.15, 0.2) is 12.8 Å². The summed E-state index contributed by atoms with van der Waals surface area (Å²) >= 11 is 0. The molecule has 0 aliphatic rings. The van der Waals surface area contributed by atoms with Gasteiger partial charge in [0.25, 0.3) is 5.09 Å². The maximum atomic E-state index is 11.5. The molecule has 0 saturated heterocycles. The minimum Gasteiger partial charge on any atom is -0.480 e. The summed E-state index contributed by atoms with van der Waals surface area (Å²) in [6.45, 7) is 0.0736. The number of ether oxygens (including phenoxy) is 1. The van der Waals surface area contributed by atoms with Crippen molar-refractivity contribution in [3.05, 3.63) is 10.1 Å². The predicted molar refractivity (Wildman–Crippen MR) is 66.5 cm³/mol. The van der Waals surface area contributed by atoms with E-state index in [1.54, 1.807) is 0 Å². The quantitative estimate of drug-likeness (QED) is 0.133. The van der Waals surface area contributed by atoms with Crippen LogP contribution in [0.25, 0.3) is 0 Å². The van der Waals surface area contributed by atoms with E-state index in [0.29, 0.717) is 0 Å². The fourth-order valence-electron chi connectivity index (χ4n) is 1.11. The number of carbonyl (C=O) groups excluding carboxylic acids is 3. The van der Waals surface area contributed by atoms with Crippen LogP contribution in [0.15, 0.2) is 0 Å². The fourth-order valence-corrected chi connectivity index (χ4v) is 1.11. The number of nitrogens with one attached hydrogen (secondary N) is 1. The van der Waals surface area contributed by atoms with Crippen LogP contribution in [0, 0.1) is 10.1 Å². The van der Waals surface area contributed by atoms with Crippen LogP contribution in [0.1, 0.15) is 19.8 Å². The van der Waals surface area contributed by atoms with Gasteiger partial charge in [-0.2, -0.15) is 0 Å². The van der Waals surface area contributed by atoms with E-state index in [1.165, 1.54) is 0 Å². The van der Waals surface area contributed by atoms with Crippen LogP contribution in [0.5, 0.6) is 0 Å². The molecule has 0 heterocycles. The number of carboxylic acid groups (broad SMARTS) is 1. The third-order valence-corrected chi connectivity index (χ3v) is 2.19. The van der Waals surface area contributed by atoms with Gasteiger partial charge in [0.05, 0.1) is 0 Å². The molecule has 0 rings (SSSR count). The molecular weight excluding hydrogens is 306 g/mol. The second-order valence-corrected chi connectivity index (χ2v) is 4.02. The molecule has 0 saturated carbocycles. The third kappa shape index (κ3) is 8.42. The van der Waals surface area contributed by atoms with Gasteiger partial charge in [-0.1, -0.05) is 0 Å². The lowest BCUT2D eigenvalue weighted by Gasteiger charge is -2.17. The lowest BCUT2D eigenvalue weighted by molar-refractivity contribution is -0.759. The van der Waals surface area contributed by atoms with Gasteiger partial charge < -0.3 is 25.7 Å². The van der Waals surface area contributed by atoms with E-state index >= 15 is 0 Å². The lowest BCUT2D eigenvalue weighted by Crippen LogP contribution is -2.43. The molecule has 2 atom stereocenters. The van der Waals surface area contributed by atoms with Crippen molar-refractivity contribution in [2.24, 2.45) is 5.73 Å². The Morgan fingerprint density at radius 3 is 2.41 bits per heavy atom. The van der Waals surface area contributed by atoms with E-state index in [2.05, 4.69) is 9.57 Å². The summed E-state index contributed by atoms with van der Waals surface area (Å²) in [7, 11) is 0. The van der Waals surface area contributed by atoms with Crippen molar-refractivity contribution in [1.29, 1.82) is 0 Å². The Bertz CT molecular complexity index is 465. The minimum absolute atomic E-state index is 0.204. The van der Waals surface area contributed by atoms with Crippen molar-refractivity contribution in [2.75, 3.05) is 6.61 Å². The molecule has 0 aromatic rings. The standard InChI is InChI=1S/C10H15N3O9/c1-5(14)10(18)22-8(4-21-13(19)20)12-7(15)3-2-6(11)9(16)17/h6,8H,2-4,11H2,1H3,(H,12,15)(H,16,17)/t6-,8?/m0/s1. The monoisotopic (exact) mass is 321 g/mol. The first-order valence-corrected chi connectivity index (χ1v) is 5.90. The number of carbonyl (C=O) groups is 4. The Morgan fingerprint density at radius 2 is 1.95 bits per heavy atom. The smallest absolute Gasteiger partial charge is 0.376 e. The maximum absolute atomic E-state index is 11.5. The summed E-state index contributed by atoms with van der Waals surface area (Å²) in [5, 5.41) is 19.5. The van der Waals surface area contributed by atoms with Gasteiger partial charge in [-0.15, -0.1) is 10.1 Å². The topological polar surface area (TPSA) is 188 Å². The van der Waals surface area contributed by atoms with Crippen LogP contribution in [0.2, 0.25) is 0 Å². The molecule has 0 aromatic heterocycles. The number of ketones is 1. The zero-order valence-corrected chi connectivity index (χ0v) is 11.5. The van der Waals surface area contributed by atoms with Crippen LogP contribution in [0.3, 0.4) is 0 Å². The van der Waals surface area contributed by atoms with Gasteiger partial charge >= 0.3 is 11.9 Å². The van der Waals surface area contributed by atoms with Crippen molar-refractivity contribution in [2.45, 2.75) is 32.0 Å². The number of nitrogens with zero attached hydrogens (tertiary/aromatic N) is 1. The zero-order valence-electron chi connectivity index (χ0n) is 11.5. The number of Topliss-reactive ketones (excluding diaryl/α,β-unsaturated/α-hetero) is 1. The molecule has 0 aliphatic heterocycles. The largest absolute Gasteiger partial charge is 0.480 e. The van der Waals surface area contributed by atoms with E-state index < -0.39 is 47.6 Å². The van der Waals surface area contributed by atoms with Crippen LogP contribution in [0.4, 0.5) is 0 Å². The van der Waals surface area contributed by atoms with Crippen LogP contribution < -0.4 is 11.1 Å². The van der Waals surface area contributed by atoms with Crippen molar-refractivity contribution >= 4 is 23.6 Å². The van der Waals surface area contributed by atoms with Crippen molar-refractivity contribution in [3.8, 4) is 0 Å². The molecular formula is C10H15N3O9. The molecule has 12 nitrogen and oxygen atoms in total. The van der Waals surface area contributed by atoms with Gasteiger partial charge in [-0.3, -0.25) is 14.4 Å². The number of aliphatic carboxylic acids is 1. The number of hydrogen-bond acceptors (Lipinski definition) is 9. The first-order valence-electron chi connectivity index (χ1n) is 5.90. The Kier molecular flexibility index (Phi) is 8.07. The minimum atomic E-state index is -1.57. The van der Waals surface area contributed by atoms with Gasteiger partial charge in [0, 0.05) is 13.3 Å². The Morgan fingerprint density at radius 1 is 1.36 bits per heavy atom. The predicted octanol–water partition coefficient (Wildman–Crippen LogP) is -2.04. The highest BCUT2D eigenvalue weighted by Crippen LogP contribution is 1.98. The van der Waals surface area contributed by atoms with Crippen LogP contribution in [-0.4, -0.2) is 52.7 Å². The fraction of sp³-hybridized carbons (Fsp3) is 0.600. The Labute approximate surface area is 123 Å². The highest BCUT2D eigenvalue weighted by atomic mass is 17.0. The summed E-state index contributed by atoms with van der Waals surface area (Å²) in [6, 6.07) is -1.26. The van der Waals surface area contributed by atoms with Gasteiger partial charge in [-0.25, -0.2) is 4.79 Å². The molecule has 0 fully saturated rings. The number of carboxylic acids is 1.